The quantitative estimate of drug-likeness (QED) is 0.646. The van der Waals surface area contributed by atoms with Crippen LogP contribution in [0.3, 0.4) is 0 Å². The third kappa shape index (κ3) is 5.06. The molecule has 0 spiro atoms. The molecule has 0 heterocycles. The van der Waals surface area contributed by atoms with Crippen LogP contribution in [0, 0.1) is 5.92 Å². The molecule has 22 heavy (non-hydrogen) atoms. The van der Waals surface area contributed by atoms with Crippen molar-refractivity contribution in [1.82, 2.24) is 0 Å². The Labute approximate surface area is 132 Å². The Morgan fingerprint density at radius 2 is 1.55 bits per heavy atom. The minimum absolute atomic E-state index is 0.111. The van der Waals surface area contributed by atoms with Crippen molar-refractivity contribution in [3.8, 4) is 0 Å². The molecule has 0 atom stereocenters. The van der Waals surface area contributed by atoms with Gasteiger partial charge in [-0.25, -0.2) is 0 Å². The fourth-order valence-electron chi connectivity index (χ4n) is 2.07. The first-order chi connectivity index (χ1) is 10.3. The lowest BCUT2D eigenvalue weighted by molar-refractivity contribution is -0.158. The van der Waals surface area contributed by atoms with Crippen molar-refractivity contribution in [3.05, 3.63) is 29.8 Å². The van der Waals surface area contributed by atoms with Gasteiger partial charge < -0.3 is 14.8 Å². The zero-order valence-electron chi connectivity index (χ0n) is 13.9. The van der Waals surface area contributed by atoms with Crippen LogP contribution in [0.1, 0.15) is 32.8 Å². The van der Waals surface area contributed by atoms with Gasteiger partial charge in [-0.15, -0.1) is 0 Å². The number of carbonyl (C=O) groups is 2. The lowest BCUT2D eigenvalue weighted by Gasteiger charge is -2.19. The van der Waals surface area contributed by atoms with E-state index in [4.69, 9.17) is 0 Å². The molecule has 122 valence electrons. The third-order valence-electron chi connectivity index (χ3n) is 3.48. The molecule has 0 saturated carbocycles. The van der Waals surface area contributed by atoms with E-state index < -0.39 is 17.9 Å². The van der Waals surface area contributed by atoms with Gasteiger partial charge in [0.1, 0.15) is 0 Å². The zero-order valence-corrected chi connectivity index (χ0v) is 13.9. The van der Waals surface area contributed by atoms with Crippen molar-refractivity contribution in [2.45, 2.75) is 32.6 Å². The predicted molar refractivity (Wildman–Crippen MR) is 85.8 cm³/mol. The summed E-state index contributed by atoms with van der Waals surface area (Å²) in [5.41, 5.74) is 2.31. The molecule has 0 bridgehead atoms. The summed E-state index contributed by atoms with van der Waals surface area (Å²) >= 11 is 0. The molecule has 0 amide bonds. The van der Waals surface area contributed by atoms with Gasteiger partial charge in [0.05, 0.1) is 14.2 Å². The monoisotopic (exact) mass is 307 g/mol. The van der Waals surface area contributed by atoms with E-state index in [9.17, 15) is 9.59 Å². The minimum Gasteiger partial charge on any atom is -0.468 e. The smallest absolute Gasteiger partial charge is 0.320 e. The Balaban J connectivity index is 2.58. The highest BCUT2D eigenvalue weighted by atomic mass is 16.5. The van der Waals surface area contributed by atoms with Crippen molar-refractivity contribution in [2.75, 3.05) is 26.1 Å². The maximum absolute atomic E-state index is 11.6. The first-order valence-corrected chi connectivity index (χ1v) is 7.29. The maximum atomic E-state index is 11.6. The summed E-state index contributed by atoms with van der Waals surface area (Å²) in [6, 6.07) is 8.12. The molecule has 0 unspecified atom stereocenters. The van der Waals surface area contributed by atoms with Crippen LogP contribution in [0.5, 0.6) is 0 Å². The molecule has 5 heteroatoms. The average Bonchev–Trinajstić information content (AvgIpc) is 2.49. The van der Waals surface area contributed by atoms with Gasteiger partial charge in [0.15, 0.2) is 5.92 Å². The first kappa shape index (κ1) is 18.0. The largest absolute Gasteiger partial charge is 0.468 e. The Hall–Kier alpha value is -2.04. The van der Waals surface area contributed by atoms with Crippen LogP contribution in [0.25, 0.3) is 0 Å². The first-order valence-electron chi connectivity index (χ1n) is 7.29. The van der Waals surface area contributed by atoms with Crippen molar-refractivity contribution in [1.29, 1.82) is 0 Å². The van der Waals surface area contributed by atoms with E-state index in [1.807, 2.05) is 12.1 Å². The molecule has 0 fully saturated rings. The van der Waals surface area contributed by atoms with Crippen molar-refractivity contribution in [2.24, 2.45) is 5.92 Å². The molecule has 0 radical (unpaired) electrons. The highest BCUT2D eigenvalue weighted by Gasteiger charge is 2.27. The van der Waals surface area contributed by atoms with E-state index in [-0.39, 0.29) is 5.41 Å². The second-order valence-corrected chi connectivity index (χ2v) is 6.14. The van der Waals surface area contributed by atoms with Gasteiger partial charge in [-0.2, -0.15) is 0 Å². The Kier molecular flexibility index (Phi) is 6.40. The zero-order chi connectivity index (χ0) is 16.8. The summed E-state index contributed by atoms with van der Waals surface area (Å²) < 4.78 is 9.25. The van der Waals surface area contributed by atoms with Crippen molar-refractivity contribution in [3.63, 3.8) is 0 Å². The number of hydrogen-bond acceptors (Lipinski definition) is 5. The molecule has 0 aliphatic carbocycles. The lowest BCUT2D eigenvalue weighted by Crippen LogP contribution is -2.28. The minimum atomic E-state index is -0.892. The van der Waals surface area contributed by atoms with Crippen LogP contribution in [-0.2, 0) is 24.5 Å². The van der Waals surface area contributed by atoms with Gasteiger partial charge in [0.2, 0.25) is 0 Å². The van der Waals surface area contributed by atoms with Crippen molar-refractivity contribution >= 4 is 17.6 Å². The predicted octanol–water partition coefficient (Wildman–Crippen LogP) is 2.75. The average molecular weight is 307 g/mol. The highest BCUT2D eigenvalue weighted by Crippen LogP contribution is 2.23. The summed E-state index contributed by atoms with van der Waals surface area (Å²) in [6.07, 6.45) is 0.320. The summed E-state index contributed by atoms with van der Waals surface area (Å²) in [5.74, 6) is -2.04. The van der Waals surface area contributed by atoms with Gasteiger partial charge >= 0.3 is 11.9 Å². The number of nitrogens with one attached hydrogen (secondary N) is 1. The number of ether oxygens (including phenoxy) is 2. The van der Waals surface area contributed by atoms with Gasteiger partial charge in [0.25, 0.3) is 0 Å². The topological polar surface area (TPSA) is 64.6 Å². The van der Waals surface area contributed by atoms with Gasteiger partial charge in [0, 0.05) is 12.2 Å². The highest BCUT2D eigenvalue weighted by molar-refractivity contribution is 5.94. The SMILES string of the molecule is COC(=O)C(CCNc1ccc(C(C)(C)C)cc1)C(=O)OC. The number of methoxy groups -OCH3 is 2. The molecular weight excluding hydrogens is 282 g/mol. The number of rotatable bonds is 6. The molecule has 1 aromatic rings. The Morgan fingerprint density at radius 1 is 1.05 bits per heavy atom. The molecule has 0 aliphatic rings. The van der Waals surface area contributed by atoms with Crippen LogP contribution < -0.4 is 5.32 Å². The van der Waals surface area contributed by atoms with E-state index in [2.05, 4.69) is 47.7 Å². The maximum Gasteiger partial charge on any atom is 0.320 e. The standard InChI is InChI=1S/C17H25NO4/c1-17(2,3)12-6-8-13(9-7-12)18-11-10-14(15(19)21-4)16(20)22-5/h6-9,14,18H,10-11H2,1-5H3. The van der Waals surface area contributed by atoms with Crippen LogP contribution in [0.15, 0.2) is 24.3 Å². The van der Waals surface area contributed by atoms with E-state index >= 15 is 0 Å². The molecular formula is C17H25NO4. The van der Waals surface area contributed by atoms with E-state index in [1.54, 1.807) is 0 Å². The number of benzene rings is 1. The second kappa shape index (κ2) is 7.82. The van der Waals surface area contributed by atoms with E-state index in [0.717, 1.165) is 5.69 Å². The number of hydrogen-bond donors (Lipinski definition) is 1. The number of carbonyl (C=O) groups excluding carboxylic acids is 2. The van der Waals surface area contributed by atoms with Gasteiger partial charge in [-0.1, -0.05) is 32.9 Å². The number of esters is 2. The summed E-state index contributed by atoms with van der Waals surface area (Å²) in [4.78, 5) is 23.1. The summed E-state index contributed by atoms with van der Waals surface area (Å²) in [7, 11) is 2.52. The molecule has 0 aromatic heterocycles. The normalized spacial score (nSPS) is 11.2. The van der Waals surface area contributed by atoms with Crippen LogP contribution >= 0.6 is 0 Å². The lowest BCUT2D eigenvalue weighted by atomic mass is 9.87. The van der Waals surface area contributed by atoms with E-state index in [1.165, 1.54) is 19.8 Å². The molecule has 0 aliphatic heterocycles. The van der Waals surface area contributed by atoms with Gasteiger partial charge in [-0.05, 0) is 29.5 Å². The third-order valence-corrected chi connectivity index (χ3v) is 3.48. The number of anilines is 1. The van der Waals surface area contributed by atoms with E-state index in [0.29, 0.717) is 13.0 Å². The molecule has 1 N–H and O–H groups in total. The van der Waals surface area contributed by atoms with Crippen LogP contribution in [0.4, 0.5) is 5.69 Å². The Bertz CT molecular complexity index is 486. The molecule has 1 aromatic carbocycles. The van der Waals surface area contributed by atoms with Crippen molar-refractivity contribution < 1.29 is 19.1 Å². The second-order valence-electron chi connectivity index (χ2n) is 6.14. The summed E-state index contributed by atoms with van der Waals surface area (Å²) in [5, 5.41) is 3.20. The Morgan fingerprint density at radius 3 is 1.95 bits per heavy atom. The molecule has 5 nitrogen and oxygen atoms in total. The van der Waals surface area contributed by atoms with Gasteiger partial charge in [-0.3, -0.25) is 9.59 Å². The fraction of sp³-hybridized carbons (Fsp3) is 0.529. The van der Waals surface area contributed by atoms with Crippen LogP contribution in [0.2, 0.25) is 0 Å². The molecule has 0 saturated heterocycles. The molecule has 1 rings (SSSR count). The summed E-state index contributed by atoms with van der Waals surface area (Å²) in [6.45, 7) is 6.95. The van der Waals surface area contributed by atoms with Crippen LogP contribution in [-0.4, -0.2) is 32.7 Å². The fourth-order valence-corrected chi connectivity index (χ4v) is 2.07.